The summed E-state index contributed by atoms with van der Waals surface area (Å²) >= 11 is 6.37. The van der Waals surface area contributed by atoms with E-state index in [0.717, 1.165) is 0 Å². The van der Waals surface area contributed by atoms with Crippen LogP contribution in [-0.2, 0) is 0 Å². The molecule has 1 aromatic heterocycles. The molecule has 1 aromatic rings. The Labute approximate surface area is 80.6 Å². The molecule has 0 aliphatic heterocycles. The van der Waals surface area contributed by atoms with Crippen molar-refractivity contribution in [3.63, 3.8) is 0 Å². The number of hydrogen-bond donors (Lipinski definition) is 0. The first-order chi connectivity index (χ1) is 5.20. The molecule has 0 saturated carbocycles. The molecule has 0 unspecified atom stereocenters. The molecule has 0 aliphatic carbocycles. The monoisotopic (exact) mass is 275 g/mol. The van der Waals surface area contributed by atoms with E-state index in [1.165, 1.54) is 10.9 Å². The molecule has 11 heavy (non-hydrogen) atoms. The zero-order valence-corrected chi connectivity index (χ0v) is 8.55. The van der Waals surface area contributed by atoms with Gasteiger partial charge in [0.25, 0.3) is 0 Å². The molecule has 0 aliphatic rings. The van der Waals surface area contributed by atoms with Crippen molar-refractivity contribution in [2.45, 2.75) is 0 Å². The van der Waals surface area contributed by atoms with Crippen molar-refractivity contribution in [2.24, 2.45) is 0 Å². The predicted molar refractivity (Wildman–Crippen MR) is 48.7 cm³/mol. The third kappa shape index (κ3) is 1.37. The van der Waals surface area contributed by atoms with E-state index < -0.39 is 0 Å². The summed E-state index contributed by atoms with van der Waals surface area (Å²) < 4.78 is 2.66. The summed E-state index contributed by atoms with van der Waals surface area (Å²) in [4.78, 5) is 0. The van der Waals surface area contributed by atoms with Gasteiger partial charge in [0.2, 0.25) is 0 Å². The van der Waals surface area contributed by atoms with Crippen molar-refractivity contribution < 1.29 is 0 Å². The average molecular weight is 277 g/mol. The molecular weight excluding hydrogens is 274 g/mol. The van der Waals surface area contributed by atoms with Gasteiger partial charge in [-0.1, -0.05) is 6.58 Å². The fourth-order valence-electron chi connectivity index (χ4n) is 0.619. The molecule has 56 valence electrons. The highest BCUT2D eigenvalue weighted by molar-refractivity contribution is 9.13. The molecule has 0 saturated heterocycles. The lowest BCUT2D eigenvalue weighted by molar-refractivity contribution is 0.910. The van der Waals surface area contributed by atoms with Crippen LogP contribution in [0.2, 0.25) is 0 Å². The maximum atomic E-state index is 8.63. The van der Waals surface area contributed by atoms with Crippen LogP contribution < -0.4 is 0 Å². The lowest BCUT2D eigenvalue weighted by atomic mass is 10.5. The minimum absolute atomic E-state index is 0.437. The van der Waals surface area contributed by atoms with Crippen LogP contribution in [0.3, 0.4) is 0 Å². The Morgan fingerprint density at radius 2 is 2.27 bits per heavy atom. The molecule has 3 nitrogen and oxygen atoms in total. The molecule has 0 radical (unpaired) electrons. The number of hydrogen-bond acceptors (Lipinski definition) is 2. The first kappa shape index (κ1) is 8.50. The van der Waals surface area contributed by atoms with Gasteiger partial charge in [-0.15, -0.1) is 0 Å². The zero-order chi connectivity index (χ0) is 8.43. The molecule has 0 atom stereocenters. The van der Waals surface area contributed by atoms with Gasteiger partial charge in [-0.25, -0.2) is 4.68 Å². The van der Waals surface area contributed by atoms with Crippen molar-refractivity contribution in [3.8, 4) is 6.07 Å². The van der Waals surface area contributed by atoms with Crippen LogP contribution in [-0.4, -0.2) is 9.78 Å². The van der Waals surface area contributed by atoms with Gasteiger partial charge >= 0.3 is 0 Å². The molecule has 0 aromatic carbocycles. The largest absolute Gasteiger partial charge is 0.229 e. The number of aromatic nitrogens is 2. The SMILES string of the molecule is C=Cn1nc(Br)c(Br)c1C#N. The van der Waals surface area contributed by atoms with Crippen molar-refractivity contribution in [1.29, 1.82) is 5.26 Å². The maximum absolute atomic E-state index is 8.63. The Morgan fingerprint density at radius 1 is 1.64 bits per heavy atom. The van der Waals surface area contributed by atoms with Gasteiger partial charge in [0.05, 0.1) is 4.47 Å². The van der Waals surface area contributed by atoms with Crippen molar-refractivity contribution in [2.75, 3.05) is 0 Å². The van der Waals surface area contributed by atoms with Crippen LogP contribution in [0, 0.1) is 11.3 Å². The Balaban J connectivity index is 3.41. The smallest absolute Gasteiger partial charge is 0.158 e. The van der Waals surface area contributed by atoms with Gasteiger partial charge in [-0.2, -0.15) is 10.4 Å². The maximum Gasteiger partial charge on any atom is 0.158 e. The van der Waals surface area contributed by atoms with E-state index in [1.807, 2.05) is 6.07 Å². The summed E-state index contributed by atoms with van der Waals surface area (Å²) in [6.07, 6.45) is 1.47. The molecule has 0 bridgehead atoms. The Hall–Kier alpha value is -0.600. The van der Waals surface area contributed by atoms with E-state index in [4.69, 9.17) is 5.26 Å². The highest BCUT2D eigenvalue weighted by atomic mass is 79.9. The third-order valence-corrected chi connectivity index (χ3v) is 2.93. The van der Waals surface area contributed by atoms with Crippen molar-refractivity contribution >= 4 is 38.1 Å². The van der Waals surface area contributed by atoms with Crippen LogP contribution >= 0.6 is 31.9 Å². The van der Waals surface area contributed by atoms with E-state index in [0.29, 0.717) is 14.8 Å². The number of rotatable bonds is 1. The van der Waals surface area contributed by atoms with Gasteiger partial charge < -0.3 is 0 Å². The van der Waals surface area contributed by atoms with Gasteiger partial charge in [0, 0.05) is 6.20 Å². The number of nitrogens with zero attached hydrogens (tertiary/aromatic N) is 3. The van der Waals surface area contributed by atoms with Gasteiger partial charge in [-0.05, 0) is 31.9 Å². The lowest BCUT2D eigenvalue weighted by Crippen LogP contribution is -1.90. The minimum atomic E-state index is 0.437. The van der Waals surface area contributed by atoms with Crippen molar-refractivity contribution in [1.82, 2.24) is 9.78 Å². The highest BCUT2D eigenvalue weighted by Crippen LogP contribution is 2.25. The first-order valence-corrected chi connectivity index (χ1v) is 4.25. The molecular formula is C6H3Br2N3. The summed E-state index contributed by atoms with van der Waals surface area (Å²) in [5, 5.41) is 12.6. The van der Waals surface area contributed by atoms with E-state index in [9.17, 15) is 0 Å². The highest BCUT2D eigenvalue weighted by Gasteiger charge is 2.10. The van der Waals surface area contributed by atoms with Gasteiger partial charge in [0.1, 0.15) is 10.7 Å². The molecule has 0 fully saturated rings. The molecule has 0 amide bonds. The number of nitriles is 1. The lowest BCUT2D eigenvalue weighted by Gasteiger charge is -1.88. The zero-order valence-electron chi connectivity index (χ0n) is 5.38. The van der Waals surface area contributed by atoms with Gasteiger partial charge in [-0.3, -0.25) is 0 Å². The molecule has 1 heterocycles. The second-order valence-corrected chi connectivity index (χ2v) is 3.24. The van der Waals surface area contributed by atoms with Crippen LogP contribution in [0.4, 0.5) is 0 Å². The molecule has 0 N–H and O–H groups in total. The van der Waals surface area contributed by atoms with E-state index in [1.54, 1.807) is 0 Å². The van der Waals surface area contributed by atoms with E-state index >= 15 is 0 Å². The first-order valence-electron chi connectivity index (χ1n) is 2.67. The van der Waals surface area contributed by atoms with E-state index in [2.05, 4.69) is 43.5 Å². The summed E-state index contributed by atoms with van der Waals surface area (Å²) in [5.74, 6) is 0. The second kappa shape index (κ2) is 3.20. The Bertz CT molecular complexity index is 334. The summed E-state index contributed by atoms with van der Waals surface area (Å²) in [6, 6.07) is 1.99. The quantitative estimate of drug-likeness (QED) is 0.790. The molecule has 1 rings (SSSR count). The normalized spacial score (nSPS) is 9.18. The molecule has 5 heteroatoms. The third-order valence-electron chi connectivity index (χ3n) is 1.09. The standard InChI is InChI=1S/C6H3Br2N3/c1-2-11-4(3-9)5(7)6(8)10-11/h2H,1H2. The number of halogens is 2. The fourth-order valence-corrected chi connectivity index (χ4v) is 1.33. The summed E-state index contributed by atoms with van der Waals surface area (Å²) in [5.41, 5.74) is 0.437. The van der Waals surface area contributed by atoms with Crippen LogP contribution in [0.15, 0.2) is 15.7 Å². The van der Waals surface area contributed by atoms with Crippen LogP contribution in [0.25, 0.3) is 6.20 Å². The summed E-state index contributed by atoms with van der Waals surface area (Å²) in [6.45, 7) is 3.50. The second-order valence-electron chi connectivity index (χ2n) is 1.69. The fraction of sp³-hybridized carbons (Fsp3) is 0. The van der Waals surface area contributed by atoms with Crippen molar-refractivity contribution in [3.05, 3.63) is 21.3 Å². The summed E-state index contributed by atoms with van der Waals surface area (Å²) in [7, 11) is 0. The minimum Gasteiger partial charge on any atom is -0.229 e. The Morgan fingerprint density at radius 3 is 2.64 bits per heavy atom. The van der Waals surface area contributed by atoms with E-state index in [-0.39, 0.29) is 0 Å². The van der Waals surface area contributed by atoms with Crippen LogP contribution in [0.1, 0.15) is 5.69 Å². The van der Waals surface area contributed by atoms with Crippen LogP contribution in [0.5, 0.6) is 0 Å². The predicted octanol–water partition coefficient (Wildman–Crippen LogP) is 2.38. The topological polar surface area (TPSA) is 41.6 Å². The Kier molecular flexibility index (Phi) is 2.47. The van der Waals surface area contributed by atoms with Gasteiger partial charge in [0.15, 0.2) is 5.69 Å². The molecule has 0 spiro atoms. The average Bonchev–Trinajstić information content (AvgIpc) is 2.28.